The van der Waals surface area contributed by atoms with Crippen LogP contribution in [0.25, 0.3) is 0 Å². The monoisotopic (exact) mass is 273 g/mol. The van der Waals surface area contributed by atoms with Crippen molar-refractivity contribution >= 4 is 17.9 Å². The maximum Gasteiger partial charge on any atom is 0.328 e. The number of carboxylic acid groups (broad SMARTS) is 1. The van der Waals surface area contributed by atoms with E-state index >= 15 is 0 Å². The number of hydrogen-bond acceptors (Lipinski definition) is 4. The molecule has 1 aliphatic heterocycles. The van der Waals surface area contributed by atoms with E-state index in [0.717, 1.165) is 4.90 Å². The number of aliphatic carboxylic acids is 1. The van der Waals surface area contributed by atoms with E-state index in [1.54, 1.807) is 6.92 Å². The van der Waals surface area contributed by atoms with E-state index in [9.17, 15) is 14.4 Å². The van der Waals surface area contributed by atoms with Crippen LogP contribution in [-0.2, 0) is 9.59 Å². The van der Waals surface area contributed by atoms with Gasteiger partial charge in [0.1, 0.15) is 12.6 Å². The zero-order valence-electron chi connectivity index (χ0n) is 10.8. The van der Waals surface area contributed by atoms with Crippen molar-refractivity contribution in [3.63, 3.8) is 0 Å². The van der Waals surface area contributed by atoms with E-state index in [0.29, 0.717) is 19.5 Å². The molecule has 19 heavy (non-hydrogen) atoms. The molecular weight excluding hydrogens is 254 g/mol. The summed E-state index contributed by atoms with van der Waals surface area (Å²) in [5.41, 5.74) is 0. The molecule has 3 N–H and O–H groups in total. The number of aliphatic hydroxyl groups is 1. The van der Waals surface area contributed by atoms with Gasteiger partial charge in [-0.2, -0.15) is 0 Å². The second kappa shape index (κ2) is 6.93. The molecule has 1 aliphatic rings. The van der Waals surface area contributed by atoms with Crippen molar-refractivity contribution in [3.8, 4) is 0 Å². The standard InChI is InChI=1S/C11H19N3O5/c1-2-13(4-3-5-15)11(19)14-7-9(16)12-6-8(14)10(17)18/h8,15H,2-7H2,1H3,(H,12,16)(H,17,18). The second-order valence-electron chi connectivity index (χ2n) is 4.23. The van der Waals surface area contributed by atoms with Gasteiger partial charge < -0.3 is 20.4 Å². The van der Waals surface area contributed by atoms with Gasteiger partial charge in [-0.05, 0) is 13.3 Å². The average molecular weight is 273 g/mol. The number of piperazine rings is 1. The second-order valence-corrected chi connectivity index (χ2v) is 4.23. The van der Waals surface area contributed by atoms with Crippen LogP contribution in [0.3, 0.4) is 0 Å². The Morgan fingerprint density at radius 2 is 2.21 bits per heavy atom. The Kier molecular flexibility index (Phi) is 5.56. The number of hydrogen-bond donors (Lipinski definition) is 3. The molecule has 1 saturated heterocycles. The minimum Gasteiger partial charge on any atom is -0.480 e. The Bertz CT molecular complexity index is 360. The number of amides is 3. The smallest absolute Gasteiger partial charge is 0.328 e. The number of nitrogens with one attached hydrogen (secondary N) is 1. The SMILES string of the molecule is CCN(CCCO)C(=O)N1CC(=O)NCC1C(=O)O. The van der Waals surface area contributed by atoms with Crippen molar-refractivity contribution in [3.05, 3.63) is 0 Å². The molecule has 0 spiro atoms. The summed E-state index contributed by atoms with van der Waals surface area (Å²) in [6, 6.07) is -1.54. The summed E-state index contributed by atoms with van der Waals surface area (Å²) in [5.74, 6) is -1.52. The topological polar surface area (TPSA) is 110 Å². The molecule has 8 heteroatoms. The first-order valence-corrected chi connectivity index (χ1v) is 6.17. The first-order valence-electron chi connectivity index (χ1n) is 6.17. The molecular formula is C11H19N3O5. The quantitative estimate of drug-likeness (QED) is 0.576. The summed E-state index contributed by atoms with van der Waals surface area (Å²) in [7, 11) is 0. The van der Waals surface area contributed by atoms with E-state index in [1.165, 1.54) is 4.90 Å². The van der Waals surface area contributed by atoms with Crippen molar-refractivity contribution in [1.82, 2.24) is 15.1 Å². The van der Waals surface area contributed by atoms with E-state index < -0.39 is 18.0 Å². The van der Waals surface area contributed by atoms with Crippen LogP contribution in [0.1, 0.15) is 13.3 Å². The minimum absolute atomic E-state index is 0.0490. The molecule has 1 heterocycles. The van der Waals surface area contributed by atoms with E-state index in [-0.39, 0.29) is 25.6 Å². The fourth-order valence-corrected chi connectivity index (χ4v) is 1.90. The lowest BCUT2D eigenvalue weighted by Gasteiger charge is -2.36. The van der Waals surface area contributed by atoms with Crippen molar-refractivity contribution in [2.45, 2.75) is 19.4 Å². The number of carbonyl (C=O) groups excluding carboxylic acids is 2. The summed E-state index contributed by atoms with van der Waals surface area (Å²) in [5, 5.41) is 20.3. The molecule has 1 rings (SSSR count). The van der Waals surface area contributed by atoms with Gasteiger partial charge in [-0.15, -0.1) is 0 Å². The highest BCUT2D eigenvalue weighted by molar-refractivity contribution is 5.90. The highest BCUT2D eigenvalue weighted by Crippen LogP contribution is 2.09. The van der Waals surface area contributed by atoms with Gasteiger partial charge in [-0.1, -0.05) is 0 Å². The van der Waals surface area contributed by atoms with Crippen LogP contribution in [0.5, 0.6) is 0 Å². The van der Waals surface area contributed by atoms with Crippen LogP contribution in [0.15, 0.2) is 0 Å². The van der Waals surface area contributed by atoms with Gasteiger partial charge in [0.25, 0.3) is 0 Å². The molecule has 1 atom stereocenters. The largest absolute Gasteiger partial charge is 0.480 e. The normalized spacial score (nSPS) is 18.9. The van der Waals surface area contributed by atoms with E-state index in [4.69, 9.17) is 10.2 Å². The van der Waals surface area contributed by atoms with Gasteiger partial charge >= 0.3 is 12.0 Å². The van der Waals surface area contributed by atoms with Crippen LogP contribution in [0.2, 0.25) is 0 Å². The molecule has 0 aromatic carbocycles. The van der Waals surface area contributed by atoms with Crippen LogP contribution in [0, 0.1) is 0 Å². The van der Waals surface area contributed by atoms with Gasteiger partial charge in [0.2, 0.25) is 5.91 Å². The lowest BCUT2D eigenvalue weighted by molar-refractivity contribution is -0.144. The maximum absolute atomic E-state index is 12.2. The third-order valence-electron chi connectivity index (χ3n) is 2.95. The number of urea groups is 1. The number of rotatable bonds is 5. The lowest BCUT2D eigenvalue weighted by atomic mass is 10.2. The molecule has 108 valence electrons. The third-order valence-corrected chi connectivity index (χ3v) is 2.95. The summed E-state index contributed by atoms with van der Waals surface area (Å²) >= 11 is 0. The number of carbonyl (C=O) groups is 3. The van der Waals surface area contributed by atoms with Gasteiger partial charge in [0.05, 0.1) is 0 Å². The van der Waals surface area contributed by atoms with Crippen LogP contribution < -0.4 is 5.32 Å². The van der Waals surface area contributed by atoms with E-state index in [2.05, 4.69) is 5.32 Å². The predicted molar refractivity (Wildman–Crippen MR) is 65.5 cm³/mol. The molecule has 0 aliphatic carbocycles. The fraction of sp³-hybridized carbons (Fsp3) is 0.727. The highest BCUT2D eigenvalue weighted by atomic mass is 16.4. The zero-order chi connectivity index (χ0) is 14.4. The Balaban J connectivity index is 2.79. The molecule has 0 bridgehead atoms. The lowest BCUT2D eigenvalue weighted by Crippen LogP contribution is -2.61. The maximum atomic E-state index is 12.2. The number of carboxylic acids is 1. The Hall–Kier alpha value is -1.83. The molecule has 0 saturated carbocycles. The average Bonchev–Trinajstić information content (AvgIpc) is 2.38. The van der Waals surface area contributed by atoms with Crippen LogP contribution in [-0.4, -0.2) is 76.7 Å². The minimum atomic E-state index is -1.15. The zero-order valence-corrected chi connectivity index (χ0v) is 10.8. The Morgan fingerprint density at radius 3 is 2.74 bits per heavy atom. The van der Waals surface area contributed by atoms with Crippen LogP contribution >= 0.6 is 0 Å². The molecule has 0 radical (unpaired) electrons. The van der Waals surface area contributed by atoms with Crippen molar-refractivity contribution in [2.24, 2.45) is 0 Å². The van der Waals surface area contributed by atoms with Crippen LogP contribution in [0.4, 0.5) is 4.79 Å². The predicted octanol–water partition coefficient (Wildman–Crippen LogP) is -1.30. The summed E-state index contributed by atoms with van der Waals surface area (Å²) in [6.45, 7) is 2.09. The Morgan fingerprint density at radius 1 is 1.53 bits per heavy atom. The molecule has 8 nitrogen and oxygen atoms in total. The van der Waals surface area contributed by atoms with Gasteiger partial charge in [-0.25, -0.2) is 9.59 Å². The molecule has 1 fully saturated rings. The summed E-state index contributed by atoms with van der Waals surface area (Å²) in [4.78, 5) is 37.1. The third kappa shape index (κ3) is 3.82. The Labute approximate surface area is 111 Å². The van der Waals surface area contributed by atoms with Crippen molar-refractivity contribution in [2.75, 3.05) is 32.8 Å². The first kappa shape index (κ1) is 15.2. The van der Waals surface area contributed by atoms with Gasteiger partial charge in [-0.3, -0.25) is 9.69 Å². The summed E-state index contributed by atoms with van der Waals surface area (Å²) < 4.78 is 0. The van der Waals surface area contributed by atoms with E-state index in [1.807, 2.05) is 0 Å². The van der Waals surface area contributed by atoms with Gasteiger partial charge in [0, 0.05) is 26.2 Å². The molecule has 1 unspecified atom stereocenters. The number of aliphatic hydroxyl groups excluding tert-OH is 1. The fourth-order valence-electron chi connectivity index (χ4n) is 1.90. The molecule has 0 aromatic rings. The number of nitrogens with zero attached hydrogens (tertiary/aromatic N) is 2. The van der Waals surface area contributed by atoms with Gasteiger partial charge in [0.15, 0.2) is 0 Å². The molecule has 3 amide bonds. The first-order chi connectivity index (χ1) is 9.01. The summed E-state index contributed by atoms with van der Waals surface area (Å²) in [6.07, 6.45) is 0.414. The molecule has 0 aromatic heterocycles. The van der Waals surface area contributed by atoms with Crippen molar-refractivity contribution in [1.29, 1.82) is 0 Å². The highest BCUT2D eigenvalue weighted by Gasteiger charge is 2.36. The van der Waals surface area contributed by atoms with Crippen molar-refractivity contribution < 1.29 is 24.6 Å².